The van der Waals surface area contributed by atoms with Crippen molar-refractivity contribution in [2.75, 3.05) is 0 Å². The van der Waals surface area contributed by atoms with Crippen LogP contribution in [0.15, 0.2) is 0 Å². The smallest absolute Gasteiger partial charge is 0.0417 e. The van der Waals surface area contributed by atoms with Crippen molar-refractivity contribution >= 4 is 0 Å². The van der Waals surface area contributed by atoms with Crippen molar-refractivity contribution in [1.29, 1.82) is 0 Å². The molecular formula is C18H36. The predicted octanol–water partition coefficient (Wildman–Crippen LogP) is 6.75. The third-order valence-electron chi connectivity index (χ3n) is 4.05. The van der Waals surface area contributed by atoms with E-state index in [0.29, 0.717) is 0 Å². The summed E-state index contributed by atoms with van der Waals surface area (Å²) in [6.45, 7) is 10.2. The van der Waals surface area contributed by atoms with Gasteiger partial charge in [-0.05, 0) is 5.92 Å². The fourth-order valence-corrected chi connectivity index (χ4v) is 2.66. The van der Waals surface area contributed by atoms with E-state index in [0.717, 1.165) is 18.8 Å². The molecule has 0 aromatic heterocycles. The zero-order valence-electron chi connectivity index (χ0n) is 12.9. The van der Waals surface area contributed by atoms with Crippen LogP contribution in [0.4, 0.5) is 0 Å². The van der Waals surface area contributed by atoms with Crippen LogP contribution in [0.2, 0.25) is 0 Å². The molecule has 0 rings (SSSR count). The van der Waals surface area contributed by atoms with Crippen molar-refractivity contribution in [3.8, 4) is 0 Å². The summed E-state index contributed by atoms with van der Waals surface area (Å²) in [4.78, 5) is 0. The Balaban J connectivity index is 3.17. The molecule has 0 fully saturated rings. The zero-order chi connectivity index (χ0) is 13.5. The molecular weight excluding hydrogens is 216 g/mol. The van der Waals surface area contributed by atoms with E-state index >= 15 is 0 Å². The Morgan fingerprint density at radius 3 is 1.56 bits per heavy atom. The van der Waals surface area contributed by atoms with Crippen LogP contribution in [0.25, 0.3) is 0 Å². The Morgan fingerprint density at radius 2 is 1.06 bits per heavy atom. The van der Waals surface area contributed by atoms with Crippen LogP contribution in [0.5, 0.6) is 0 Å². The minimum Gasteiger partial charge on any atom is -0.0651 e. The monoisotopic (exact) mass is 252 g/mol. The molecule has 108 valence electrons. The quantitative estimate of drug-likeness (QED) is 0.300. The molecule has 0 aliphatic heterocycles. The van der Waals surface area contributed by atoms with Crippen LogP contribution in [0.1, 0.15) is 96.8 Å². The number of hydrogen-bond acceptors (Lipinski definition) is 0. The summed E-state index contributed by atoms with van der Waals surface area (Å²) in [5, 5.41) is 0. The third kappa shape index (κ3) is 12.5. The van der Waals surface area contributed by atoms with Gasteiger partial charge >= 0.3 is 0 Å². The Kier molecular flexibility index (Phi) is 15.1. The molecule has 1 atom stereocenters. The molecule has 0 aliphatic carbocycles. The average molecular weight is 252 g/mol. The lowest BCUT2D eigenvalue weighted by atomic mass is 9.93. The SMILES string of the molecule is [CH2]CCCCCCCCCCC(CC)CCC[CH2]. The van der Waals surface area contributed by atoms with Gasteiger partial charge in [0.1, 0.15) is 0 Å². The van der Waals surface area contributed by atoms with E-state index in [9.17, 15) is 0 Å². The maximum atomic E-state index is 3.94. The highest BCUT2D eigenvalue weighted by Gasteiger charge is 2.04. The van der Waals surface area contributed by atoms with Crippen molar-refractivity contribution in [3.05, 3.63) is 13.8 Å². The first-order chi connectivity index (χ1) is 8.85. The van der Waals surface area contributed by atoms with Crippen molar-refractivity contribution in [3.63, 3.8) is 0 Å². The molecule has 0 saturated heterocycles. The maximum Gasteiger partial charge on any atom is -0.0417 e. The molecule has 0 saturated carbocycles. The lowest BCUT2D eigenvalue weighted by Gasteiger charge is -2.13. The standard InChI is InChI=1S/C18H36/c1-4-7-9-10-11-12-13-14-15-17-18(6-3)16-8-5-2/h18H,1-2,4-17H2,3H3. The van der Waals surface area contributed by atoms with E-state index < -0.39 is 0 Å². The molecule has 18 heavy (non-hydrogen) atoms. The van der Waals surface area contributed by atoms with Crippen molar-refractivity contribution in [2.45, 2.75) is 96.8 Å². The summed E-state index contributed by atoms with van der Waals surface area (Å²) in [6, 6.07) is 0. The topological polar surface area (TPSA) is 0 Å². The summed E-state index contributed by atoms with van der Waals surface area (Å²) in [5.41, 5.74) is 0. The number of rotatable bonds is 14. The van der Waals surface area contributed by atoms with Gasteiger partial charge in [-0.25, -0.2) is 0 Å². The molecule has 0 aliphatic rings. The Bertz CT molecular complexity index is 139. The lowest BCUT2D eigenvalue weighted by Crippen LogP contribution is -1.98. The van der Waals surface area contributed by atoms with E-state index in [-0.39, 0.29) is 0 Å². The Morgan fingerprint density at radius 1 is 0.611 bits per heavy atom. The van der Waals surface area contributed by atoms with Crippen LogP contribution in [0.3, 0.4) is 0 Å². The molecule has 1 unspecified atom stereocenters. The van der Waals surface area contributed by atoms with Gasteiger partial charge in [-0.2, -0.15) is 0 Å². The summed E-state index contributed by atoms with van der Waals surface area (Å²) < 4.78 is 0. The van der Waals surface area contributed by atoms with E-state index in [2.05, 4.69) is 20.8 Å². The van der Waals surface area contributed by atoms with Crippen LogP contribution in [-0.2, 0) is 0 Å². The summed E-state index contributed by atoms with van der Waals surface area (Å²) >= 11 is 0. The molecule has 0 N–H and O–H groups in total. The van der Waals surface area contributed by atoms with E-state index in [4.69, 9.17) is 0 Å². The van der Waals surface area contributed by atoms with Gasteiger partial charge in [-0.15, -0.1) is 0 Å². The second kappa shape index (κ2) is 15.1. The highest BCUT2D eigenvalue weighted by Crippen LogP contribution is 2.20. The van der Waals surface area contributed by atoms with Crippen molar-refractivity contribution < 1.29 is 0 Å². The van der Waals surface area contributed by atoms with Gasteiger partial charge < -0.3 is 0 Å². The fraction of sp³-hybridized carbons (Fsp3) is 0.889. The third-order valence-corrected chi connectivity index (χ3v) is 4.05. The van der Waals surface area contributed by atoms with Gasteiger partial charge in [0.15, 0.2) is 0 Å². The van der Waals surface area contributed by atoms with Crippen molar-refractivity contribution in [2.24, 2.45) is 5.92 Å². The molecule has 0 bridgehead atoms. The molecule has 0 heterocycles. The number of hydrogen-bond donors (Lipinski definition) is 0. The predicted molar refractivity (Wildman–Crippen MR) is 84.5 cm³/mol. The van der Waals surface area contributed by atoms with Gasteiger partial charge in [-0.3, -0.25) is 0 Å². The molecule has 0 spiro atoms. The maximum absolute atomic E-state index is 3.94. The first-order valence-corrected chi connectivity index (χ1v) is 8.43. The zero-order valence-corrected chi connectivity index (χ0v) is 12.9. The van der Waals surface area contributed by atoms with Crippen LogP contribution < -0.4 is 0 Å². The minimum atomic E-state index is 0.976. The second-order valence-electron chi connectivity index (χ2n) is 5.74. The second-order valence-corrected chi connectivity index (χ2v) is 5.74. The minimum absolute atomic E-state index is 0.976. The highest BCUT2D eigenvalue weighted by molar-refractivity contribution is 4.59. The molecule has 0 amide bonds. The molecule has 2 radical (unpaired) electrons. The summed E-state index contributed by atoms with van der Waals surface area (Å²) in [7, 11) is 0. The van der Waals surface area contributed by atoms with Crippen LogP contribution in [0, 0.1) is 19.8 Å². The Labute approximate surface area is 117 Å². The molecule has 0 nitrogen and oxygen atoms in total. The first-order valence-electron chi connectivity index (χ1n) is 8.43. The summed E-state index contributed by atoms with van der Waals surface area (Å²) in [5.74, 6) is 0.976. The highest BCUT2D eigenvalue weighted by atomic mass is 14.1. The molecule has 0 aromatic carbocycles. The molecule has 0 aromatic rings. The van der Waals surface area contributed by atoms with Crippen molar-refractivity contribution in [1.82, 2.24) is 0 Å². The molecule has 0 heteroatoms. The van der Waals surface area contributed by atoms with E-state index in [1.807, 2.05) is 0 Å². The van der Waals surface area contributed by atoms with Crippen LogP contribution in [-0.4, -0.2) is 0 Å². The van der Waals surface area contributed by atoms with E-state index in [1.54, 1.807) is 0 Å². The number of unbranched alkanes of at least 4 members (excludes halogenated alkanes) is 9. The average Bonchev–Trinajstić information content (AvgIpc) is 2.40. The van der Waals surface area contributed by atoms with Crippen LogP contribution >= 0.6 is 0 Å². The van der Waals surface area contributed by atoms with Gasteiger partial charge in [0.05, 0.1) is 0 Å². The van der Waals surface area contributed by atoms with Gasteiger partial charge in [-0.1, -0.05) is 111 Å². The normalized spacial score (nSPS) is 12.8. The van der Waals surface area contributed by atoms with Gasteiger partial charge in [0.25, 0.3) is 0 Å². The summed E-state index contributed by atoms with van der Waals surface area (Å²) in [6.07, 6.45) is 19.2. The lowest BCUT2D eigenvalue weighted by molar-refractivity contribution is 0.402. The Hall–Kier alpha value is 0. The fourth-order valence-electron chi connectivity index (χ4n) is 2.66. The van der Waals surface area contributed by atoms with Gasteiger partial charge in [0.2, 0.25) is 0 Å². The van der Waals surface area contributed by atoms with Gasteiger partial charge in [0, 0.05) is 0 Å². The van der Waals surface area contributed by atoms with E-state index in [1.165, 1.54) is 77.0 Å². The largest absolute Gasteiger partial charge is 0.0651 e. The first kappa shape index (κ1) is 18.0.